The van der Waals surface area contributed by atoms with Crippen molar-refractivity contribution in [3.05, 3.63) is 23.9 Å². The van der Waals surface area contributed by atoms with Crippen molar-refractivity contribution in [2.45, 2.75) is 0 Å². The summed E-state index contributed by atoms with van der Waals surface area (Å²) >= 11 is 0. The van der Waals surface area contributed by atoms with Crippen molar-refractivity contribution in [2.24, 2.45) is 5.73 Å². The van der Waals surface area contributed by atoms with Gasteiger partial charge in [-0.1, -0.05) is 0 Å². The number of anilines is 1. The molecule has 0 bridgehead atoms. The molecule has 1 aliphatic heterocycles. The third-order valence-electron chi connectivity index (χ3n) is 2.85. The van der Waals surface area contributed by atoms with Crippen LogP contribution in [0.4, 0.5) is 5.82 Å². The standard InChI is InChI=1S/C11H16N4O/c1-14-5-7-15(8-6-14)11-9(10(12)16)3-2-4-13-11/h2-4H,5-8H2,1H3,(H2,12,16). The van der Waals surface area contributed by atoms with E-state index in [1.807, 2.05) is 0 Å². The number of primary amides is 1. The molecule has 2 rings (SSSR count). The van der Waals surface area contributed by atoms with Crippen LogP contribution in [0.5, 0.6) is 0 Å². The molecule has 1 aromatic rings. The van der Waals surface area contributed by atoms with Crippen molar-refractivity contribution in [3.63, 3.8) is 0 Å². The smallest absolute Gasteiger partial charge is 0.252 e. The Kier molecular flexibility index (Phi) is 3.05. The van der Waals surface area contributed by atoms with Crippen molar-refractivity contribution >= 4 is 11.7 Å². The lowest BCUT2D eigenvalue weighted by molar-refractivity contribution is 0.100. The second-order valence-corrected chi connectivity index (χ2v) is 4.03. The Morgan fingerprint density at radius 1 is 1.38 bits per heavy atom. The summed E-state index contributed by atoms with van der Waals surface area (Å²) in [5, 5.41) is 0. The number of nitrogens with two attached hydrogens (primary N) is 1. The fraction of sp³-hybridized carbons (Fsp3) is 0.455. The van der Waals surface area contributed by atoms with Crippen LogP contribution < -0.4 is 10.6 Å². The van der Waals surface area contributed by atoms with Gasteiger partial charge in [-0.05, 0) is 19.2 Å². The number of hydrogen-bond acceptors (Lipinski definition) is 4. The second-order valence-electron chi connectivity index (χ2n) is 4.03. The first-order valence-electron chi connectivity index (χ1n) is 5.37. The minimum atomic E-state index is -0.415. The van der Waals surface area contributed by atoms with Gasteiger partial charge in [0.1, 0.15) is 5.82 Å². The van der Waals surface area contributed by atoms with Gasteiger partial charge in [0.25, 0.3) is 5.91 Å². The van der Waals surface area contributed by atoms with Gasteiger partial charge in [-0.3, -0.25) is 4.79 Å². The van der Waals surface area contributed by atoms with E-state index in [-0.39, 0.29) is 0 Å². The fourth-order valence-electron chi connectivity index (χ4n) is 1.86. The molecule has 0 spiro atoms. The number of rotatable bonds is 2. The Labute approximate surface area is 94.9 Å². The summed E-state index contributed by atoms with van der Waals surface area (Å²) in [6, 6.07) is 3.46. The maximum Gasteiger partial charge on any atom is 0.252 e. The van der Waals surface area contributed by atoms with Crippen LogP contribution in [-0.4, -0.2) is 49.0 Å². The number of hydrogen-bond donors (Lipinski definition) is 1. The molecule has 0 saturated carbocycles. The van der Waals surface area contributed by atoms with Crippen molar-refractivity contribution < 1.29 is 4.79 Å². The van der Waals surface area contributed by atoms with Gasteiger partial charge in [0.15, 0.2) is 0 Å². The van der Waals surface area contributed by atoms with Crippen LogP contribution in [0.3, 0.4) is 0 Å². The molecule has 0 atom stereocenters. The van der Waals surface area contributed by atoms with Gasteiger partial charge in [0.05, 0.1) is 5.56 Å². The first-order chi connectivity index (χ1) is 7.68. The molecule has 0 aliphatic carbocycles. The Morgan fingerprint density at radius 2 is 2.06 bits per heavy atom. The third kappa shape index (κ3) is 2.14. The van der Waals surface area contributed by atoms with E-state index in [0.29, 0.717) is 11.4 Å². The highest BCUT2D eigenvalue weighted by atomic mass is 16.1. The molecule has 0 aromatic carbocycles. The van der Waals surface area contributed by atoms with Gasteiger partial charge >= 0.3 is 0 Å². The molecule has 16 heavy (non-hydrogen) atoms. The zero-order chi connectivity index (χ0) is 11.5. The molecule has 2 N–H and O–H groups in total. The average Bonchev–Trinajstić information content (AvgIpc) is 2.30. The van der Waals surface area contributed by atoms with Gasteiger partial charge in [-0.2, -0.15) is 0 Å². The number of likely N-dealkylation sites (N-methyl/N-ethyl adjacent to an activating group) is 1. The Balaban J connectivity index is 2.23. The Bertz CT molecular complexity index is 385. The van der Waals surface area contributed by atoms with Crippen LogP contribution in [0.1, 0.15) is 10.4 Å². The molecule has 86 valence electrons. The number of nitrogens with zero attached hydrogens (tertiary/aromatic N) is 3. The molecular weight excluding hydrogens is 204 g/mol. The highest BCUT2D eigenvalue weighted by Crippen LogP contribution is 2.17. The summed E-state index contributed by atoms with van der Waals surface area (Å²) < 4.78 is 0. The van der Waals surface area contributed by atoms with Crippen LogP contribution in [0, 0.1) is 0 Å². The highest BCUT2D eigenvalue weighted by Gasteiger charge is 2.19. The van der Waals surface area contributed by atoms with E-state index in [4.69, 9.17) is 5.73 Å². The lowest BCUT2D eigenvalue weighted by Gasteiger charge is -2.33. The average molecular weight is 220 g/mol. The molecule has 2 heterocycles. The van der Waals surface area contributed by atoms with E-state index in [9.17, 15) is 4.79 Å². The van der Waals surface area contributed by atoms with E-state index in [0.717, 1.165) is 26.2 Å². The summed E-state index contributed by atoms with van der Waals surface area (Å²) in [6.07, 6.45) is 1.69. The number of pyridine rings is 1. The van der Waals surface area contributed by atoms with Gasteiger partial charge in [-0.25, -0.2) is 4.98 Å². The van der Waals surface area contributed by atoms with Crippen molar-refractivity contribution in [1.29, 1.82) is 0 Å². The summed E-state index contributed by atoms with van der Waals surface area (Å²) in [7, 11) is 2.09. The molecule has 0 radical (unpaired) electrons. The molecule has 5 heteroatoms. The van der Waals surface area contributed by atoms with Crippen LogP contribution in [-0.2, 0) is 0 Å². The molecule has 1 amide bonds. The zero-order valence-corrected chi connectivity index (χ0v) is 9.39. The second kappa shape index (κ2) is 4.49. The molecule has 1 aliphatic rings. The van der Waals surface area contributed by atoms with E-state index >= 15 is 0 Å². The third-order valence-corrected chi connectivity index (χ3v) is 2.85. The normalized spacial score (nSPS) is 17.4. The largest absolute Gasteiger partial charge is 0.365 e. The quantitative estimate of drug-likeness (QED) is 0.758. The van der Waals surface area contributed by atoms with Crippen LogP contribution >= 0.6 is 0 Å². The summed E-state index contributed by atoms with van der Waals surface area (Å²) in [4.78, 5) is 19.9. The maximum absolute atomic E-state index is 11.3. The van der Waals surface area contributed by atoms with Crippen molar-refractivity contribution in [3.8, 4) is 0 Å². The van der Waals surface area contributed by atoms with Gasteiger partial charge < -0.3 is 15.5 Å². The van der Waals surface area contributed by atoms with Gasteiger partial charge in [-0.15, -0.1) is 0 Å². The Hall–Kier alpha value is -1.62. The first kappa shape index (κ1) is 10.9. The molecule has 1 saturated heterocycles. The van der Waals surface area contributed by atoms with Crippen molar-refractivity contribution in [2.75, 3.05) is 38.1 Å². The Morgan fingerprint density at radius 3 is 2.69 bits per heavy atom. The molecule has 0 unspecified atom stereocenters. The van der Waals surface area contributed by atoms with Crippen LogP contribution in [0.2, 0.25) is 0 Å². The van der Waals surface area contributed by atoms with E-state index < -0.39 is 5.91 Å². The highest BCUT2D eigenvalue weighted by molar-refractivity contribution is 5.97. The summed E-state index contributed by atoms with van der Waals surface area (Å²) in [5.74, 6) is 0.296. The summed E-state index contributed by atoms with van der Waals surface area (Å²) in [5.41, 5.74) is 5.84. The van der Waals surface area contributed by atoms with Gasteiger partial charge in [0.2, 0.25) is 0 Å². The summed E-state index contributed by atoms with van der Waals surface area (Å²) in [6.45, 7) is 3.73. The number of carbonyl (C=O) groups excluding carboxylic acids is 1. The fourth-order valence-corrected chi connectivity index (χ4v) is 1.86. The predicted octanol–water partition coefficient (Wildman–Crippen LogP) is -0.0677. The number of carbonyl (C=O) groups is 1. The molecule has 1 aromatic heterocycles. The molecule has 5 nitrogen and oxygen atoms in total. The lowest BCUT2D eigenvalue weighted by atomic mass is 10.2. The van der Waals surface area contributed by atoms with Crippen molar-refractivity contribution in [1.82, 2.24) is 9.88 Å². The number of aromatic nitrogens is 1. The SMILES string of the molecule is CN1CCN(c2ncccc2C(N)=O)CC1. The van der Waals surface area contributed by atoms with E-state index in [1.54, 1.807) is 18.3 Å². The monoisotopic (exact) mass is 220 g/mol. The lowest BCUT2D eigenvalue weighted by Crippen LogP contribution is -2.45. The minimum absolute atomic E-state index is 0.415. The zero-order valence-electron chi connectivity index (χ0n) is 9.39. The van der Waals surface area contributed by atoms with Crippen LogP contribution in [0.25, 0.3) is 0 Å². The predicted molar refractivity (Wildman–Crippen MR) is 62.5 cm³/mol. The van der Waals surface area contributed by atoms with Gasteiger partial charge in [0, 0.05) is 32.4 Å². The van der Waals surface area contributed by atoms with E-state index in [2.05, 4.69) is 21.8 Å². The first-order valence-corrected chi connectivity index (χ1v) is 5.37. The van der Waals surface area contributed by atoms with E-state index in [1.165, 1.54) is 0 Å². The molecule has 1 fully saturated rings. The minimum Gasteiger partial charge on any atom is -0.365 e. The molecular formula is C11H16N4O. The number of piperazine rings is 1. The van der Waals surface area contributed by atoms with Crippen LogP contribution in [0.15, 0.2) is 18.3 Å². The topological polar surface area (TPSA) is 62.5 Å². The number of amides is 1. The maximum atomic E-state index is 11.3.